The zero-order valence-corrected chi connectivity index (χ0v) is 11.6. The highest BCUT2D eigenvalue weighted by Gasteiger charge is 2.29. The summed E-state index contributed by atoms with van der Waals surface area (Å²) in [5, 5.41) is 3.32. The van der Waals surface area contributed by atoms with Gasteiger partial charge in [-0.3, -0.25) is 4.90 Å². The number of nitrogens with one attached hydrogen (secondary N) is 1. The Labute approximate surface area is 110 Å². The van der Waals surface area contributed by atoms with Crippen molar-refractivity contribution in [3.05, 3.63) is 35.9 Å². The molecule has 0 aromatic heterocycles. The van der Waals surface area contributed by atoms with Gasteiger partial charge in [0, 0.05) is 25.2 Å². The fraction of sp³-hybridized carbons (Fsp3) is 0.600. The van der Waals surface area contributed by atoms with Crippen LogP contribution in [0, 0.1) is 0 Å². The molecule has 1 aliphatic rings. The van der Waals surface area contributed by atoms with Gasteiger partial charge in [0.25, 0.3) is 0 Å². The molecule has 1 N–H and O–H groups in total. The number of benzene rings is 1. The van der Waals surface area contributed by atoms with Gasteiger partial charge in [0.2, 0.25) is 0 Å². The lowest BCUT2D eigenvalue weighted by atomic mass is 10.0. The number of rotatable bonds is 4. The first-order chi connectivity index (χ1) is 8.72. The number of hydrogen-bond acceptors (Lipinski definition) is 3. The second kappa shape index (κ2) is 6.32. The van der Waals surface area contributed by atoms with Crippen LogP contribution in [0.3, 0.4) is 0 Å². The second-order valence-electron chi connectivity index (χ2n) is 5.17. The number of ether oxygens (including phenoxy) is 1. The Balaban J connectivity index is 2.18. The van der Waals surface area contributed by atoms with Gasteiger partial charge in [-0.1, -0.05) is 30.3 Å². The second-order valence-corrected chi connectivity index (χ2v) is 5.17. The van der Waals surface area contributed by atoms with Crippen molar-refractivity contribution >= 4 is 0 Å². The summed E-state index contributed by atoms with van der Waals surface area (Å²) in [6, 6.07) is 11.6. The number of hydrogen-bond donors (Lipinski definition) is 1. The first-order valence-corrected chi connectivity index (χ1v) is 6.79. The summed E-state index contributed by atoms with van der Waals surface area (Å²) >= 11 is 0. The van der Waals surface area contributed by atoms with Gasteiger partial charge in [0.05, 0.1) is 12.7 Å². The third-order valence-corrected chi connectivity index (χ3v) is 3.64. The Morgan fingerprint density at radius 3 is 2.72 bits per heavy atom. The smallest absolute Gasteiger partial charge is 0.0675 e. The molecule has 1 aromatic rings. The minimum atomic E-state index is 0.323. The highest BCUT2D eigenvalue weighted by Crippen LogP contribution is 2.25. The molecule has 2 rings (SSSR count). The molecule has 18 heavy (non-hydrogen) atoms. The molecule has 0 aliphatic carbocycles. The van der Waals surface area contributed by atoms with Crippen LogP contribution in [0.1, 0.15) is 25.5 Å². The van der Waals surface area contributed by atoms with E-state index in [1.807, 2.05) is 7.05 Å². The van der Waals surface area contributed by atoms with E-state index in [1.54, 1.807) is 0 Å². The Kier molecular flexibility index (Phi) is 4.75. The molecule has 3 nitrogen and oxygen atoms in total. The Hall–Kier alpha value is -0.900. The molecule has 0 bridgehead atoms. The molecular formula is C15H24N2O. The van der Waals surface area contributed by atoms with Crippen molar-refractivity contribution in [3.8, 4) is 0 Å². The van der Waals surface area contributed by atoms with Gasteiger partial charge in [0.15, 0.2) is 0 Å². The summed E-state index contributed by atoms with van der Waals surface area (Å²) in [5.41, 5.74) is 1.38. The first-order valence-electron chi connectivity index (χ1n) is 6.79. The molecule has 3 heteroatoms. The van der Waals surface area contributed by atoms with Crippen molar-refractivity contribution in [1.29, 1.82) is 0 Å². The molecular weight excluding hydrogens is 224 g/mol. The highest BCUT2D eigenvalue weighted by atomic mass is 16.5. The fourth-order valence-corrected chi connectivity index (χ4v) is 2.66. The van der Waals surface area contributed by atoms with E-state index in [2.05, 4.69) is 54.4 Å². The maximum atomic E-state index is 5.72. The van der Waals surface area contributed by atoms with Gasteiger partial charge in [0.1, 0.15) is 0 Å². The maximum Gasteiger partial charge on any atom is 0.0675 e. The third-order valence-electron chi connectivity index (χ3n) is 3.64. The van der Waals surface area contributed by atoms with Gasteiger partial charge >= 0.3 is 0 Å². The SMILES string of the molecule is CNCC(c1ccccc1)N1CC(C)OCC1C. The third kappa shape index (κ3) is 3.10. The predicted molar refractivity (Wildman–Crippen MR) is 74.7 cm³/mol. The van der Waals surface area contributed by atoms with Gasteiger partial charge in [-0.25, -0.2) is 0 Å². The quantitative estimate of drug-likeness (QED) is 0.882. The van der Waals surface area contributed by atoms with E-state index in [0.29, 0.717) is 18.2 Å². The van der Waals surface area contributed by atoms with Crippen LogP contribution in [0.15, 0.2) is 30.3 Å². The molecule has 3 atom stereocenters. The van der Waals surface area contributed by atoms with Crippen molar-refractivity contribution in [2.45, 2.75) is 32.0 Å². The van der Waals surface area contributed by atoms with Crippen LogP contribution in [0.2, 0.25) is 0 Å². The first kappa shape index (κ1) is 13.5. The summed E-state index contributed by atoms with van der Waals surface area (Å²) < 4.78 is 5.72. The predicted octanol–water partition coefficient (Wildman–Crippen LogP) is 2.06. The van der Waals surface area contributed by atoms with Gasteiger partial charge < -0.3 is 10.1 Å². The zero-order valence-electron chi connectivity index (χ0n) is 11.6. The monoisotopic (exact) mass is 248 g/mol. The topological polar surface area (TPSA) is 24.5 Å². The average Bonchev–Trinajstić information content (AvgIpc) is 2.40. The summed E-state index contributed by atoms with van der Waals surface area (Å²) in [6.07, 6.45) is 0.323. The van der Waals surface area contributed by atoms with Crippen molar-refractivity contribution < 1.29 is 4.74 Å². The highest BCUT2D eigenvalue weighted by molar-refractivity contribution is 5.20. The van der Waals surface area contributed by atoms with Gasteiger partial charge in [-0.2, -0.15) is 0 Å². The number of likely N-dealkylation sites (N-methyl/N-ethyl adjacent to an activating group) is 1. The van der Waals surface area contributed by atoms with Crippen LogP contribution in [0.4, 0.5) is 0 Å². The van der Waals surface area contributed by atoms with Gasteiger partial charge in [-0.05, 0) is 26.5 Å². The largest absolute Gasteiger partial charge is 0.376 e. The Morgan fingerprint density at radius 1 is 1.33 bits per heavy atom. The van der Waals surface area contributed by atoms with Crippen molar-refractivity contribution in [1.82, 2.24) is 10.2 Å². The molecule has 100 valence electrons. The lowest BCUT2D eigenvalue weighted by Gasteiger charge is -2.42. The summed E-state index contributed by atoms with van der Waals surface area (Å²) in [6.45, 7) is 7.20. The van der Waals surface area contributed by atoms with Crippen LogP contribution in [-0.4, -0.2) is 43.8 Å². The standard InChI is InChI=1S/C15H24N2O/c1-12-11-18-13(2)10-17(12)15(9-16-3)14-7-5-4-6-8-14/h4-8,12-13,15-16H,9-11H2,1-3H3. The van der Waals surface area contributed by atoms with Crippen LogP contribution in [0.25, 0.3) is 0 Å². The van der Waals surface area contributed by atoms with E-state index in [1.165, 1.54) is 5.56 Å². The van der Waals surface area contributed by atoms with Crippen LogP contribution >= 0.6 is 0 Å². The minimum absolute atomic E-state index is 0.323. The number of nitrogens with zero attached hydrogens (tertiary/aromatic N) is 1. The lowest BCUT2D eigenvalue weighted by molar-refractivity contribution is -0.0662. The maximum absolute atomic E-state index is 5.72. The molecule has 3 unspecified atom stereocenters. The molecule has 1 saturated heterocycles. The van der Waals surface area contributed by atoms with E-state index < -0.39 is 0 Å². The molecule has 0 saturated carbocycles. The van der Waals surface area contributed by atoms with Gasteiger partial charge in [-0.15, -0.1) is 0 Å². The minimum Gasteiger partial charge on any atom is -0.376 e. The van der Waals surface area contributed by atoms with E-state index in [4.69, 9.17) is 4.74 Å². The molecule has 0 radical (unpaired) electrons. The normalized spacial score (nSPS) is 27.1. The average molecular weight is 248 g/mol. The summed E-state index contributed by atoms with van der Waals surface area (Å²) in [4.78, 5) is 2.56. The molecule has 1 heterocycles. The van der Waals surface area contributed by atoms with Crippen molar-refractivity contribution in [3.63, 3.8) is 0 Å². The van der Waals surface area contributed by atoms with Crippen LogP contribution in [-0.2, 0) is 4.74 Å². The molecule has 1 aliphatic heterocycles. The van der Waals surface area contributed by atoms with E-state index in [9.17, 15) is 0 Å². The molecule has 1 fully saturated rings. The zero-order chi connectivity index (χ0) is 13.0. The van der Waals surface area contributed by atoms with E-state index in [0.717, 1.165) is 19.7 Å². The molecule has 0 amide bonds. The molecule has 1 aromatic carbocycles. The Bertz CT molecular complexity index is 355. The fourth-order valence-electron chi connectivity index (χ4n) is 2.66. The summed E-state index contributed by atoms with van der Waals surface area (Å²) in [7, 11) is 2.02. The number of morpholine rings is 1. The Morgan fingerprint density at radius 2 is 2.06 bits per heavy atom. The van der Waals surface area contributed by atoms with Crippen molar-refractivity contribution in [2.24, 2.45) is 0 Å². The van der Waals surface area contributed by atoms with E-state index in [-0.39, 0.29) is 0 Å². The summed E-state index contributed by atoms with van der Waals surface area (Å²) in [5.74, 6) is 0. The van der Waals surface area contributed by atoms with Crippen LogP contribution in [0.5, 0.6) is 0 Å². The van der Waals surface area contributed by atoms with E-state index >= 15 is 0 Å². The lowest BCUT2D eigenvalue weighted by Crippen LogP contribution is -2.50. The molecule has 0 spiro atoms. The van der Waals surface area contributed by atoms with Crippen LogP contribution < -0.4 is 5.32 Å². The van der Waals surface area contributed by atoms with Crippen molar-refractivity contribution in [2.75, 3.05) is 26.7 Å².